The molecule has 6 rings (SSSR count). The minimum Gasteiger partial charge on any atom is -0.480 e. The molecule has 0 radical (unpaired) electrons. The van der Waals surface area contributed by atoms with Crippen LogP contribution in [-0.2, 0) is 22.6 Å². The number of nitrogens with zero attached hydrogens (tertiary/aromatic N) is 4. The molecule has 2 aliphatic heterocycles. The smallest absolute Gasteiger partial charge is 0.326 e. The van der Waals surface area contributed by atoms with Crippen LogP contribution in [0.1, 0.15) is 87.8 Å². The van der Waals surface area contributed by atoms with Crippen molar-refractivity contribution in [2.75, 3.05) is 39.8 Å². The van der Waals surface area contributed by atoms with Gasteiger partial charge < -0.3 is 10.0 Å². The maximum Gasteiger partial charge on any atom is 0.326 e. The van der Waals surface area contributed by atoms with Gasteiger partial charge in [-0.3, -0.25) is 19.6 Å². The van der Waals surface area contributed by atoms with Crippen molar-refractivity contribution in [2.45, 2.75) is 102 Å². The van der Waals surface area contributed by atoms with Crippen LogP contribution in [0.3, 0.4) is 0 Å². The van der Waals surface area contributed by atoms with Gasteiger partial charge in [-0.15, -0.1) is 0 Å². The second-order valence-electron chi connectivity index (χ2n) is 16.0. The highest BCUT2D eigenvalue weighted by atomic mass is 19.3. The second kappa shape index (κ2) is 16.6. The van der Waals surface area contributed by atoms with Crippen LogP contribution in [0.4, 0.5) is 17.6 Å². The number of pyridine rings is 1. The number of rotatable bonds is 14. The number of carboxylic acid groups (broad SMARTS) is 1. The molecule has 11 heteroatoms. The number of carbonyl (C=O) groups is 2. The fourth-order valence-corrected chi connectivity index (χ4v) is 8.84. The van der Waals surface area contributed by atoms with E-state index in [1.807, 2.05) is 42.6 Å². The Balaban J connectivity index is 1.29. The Kier molecular flexibility index (Phi) is 12.2. The fourth-order valence-electron chi connectivity index (χ4n) is 8.84. The molecule has 2 saturated heterocycles. The molecule has 1 atom stereocenters. The van der Waals surface area contributed by atoms with E-state index in [-0.39, 0.29) is 19.5 Å². The third-order valence-electron chi connectivity index (χ3n) is 12.2. The summed E-state index contributed by atoms with van der Waals surface area (Å²) in [5.74, 6) is -8.82. The lowest BCUT2D eigenvalue weighted by molar-refractivity contribution is -0.177. The van der Waals surface area contributed by atoms with Crippen LogP contribution in [0.15, 0.2) is 73.0 Å². The summed E-state index contributed by atoms with van der Waals surface area (Å²) < 4.78 is 61.2. The number of benzene rings is 2. The number of likely N-dealkylation sites (tertiary alicyclic amines) is 2. The number of carboxylic acids is 1. The van der Waals surface area contributed by atoms with E-state index in [0.29, 0.717) is 11.5 Å². The molecule has 1 aromatic heterocycles. The summed E-state index contributed by atoms with van der Waals surface area (Å²) in [6, 6.07) is 12.4. The SMILES string of the molecule is C=C(C)C(F)(F)C1(C(=O)N(C)[C@@H](Cc2cccc3c(-c4ncc(CN5CCCCC5)cc4C4CCC4)cccc23)C(=O)O)CCN(CC(F)(F)/C=C/C)CC1. The predicted molar refractivity (Wildman–Crippen MR) is 208 cm³/mol. The monoisotopic (exact) mass is 762 g/mol. The van der Waals surface area contributed by atoms with Crippen molar-refractivity contribution in [3.8, 4) is 11.3 Å². The van der Waals surface area contributed by atoms with Crippen molar-refractivity contribution in [1.82, 2.24) is 19.7 Å². The highest BCUT2D eigenvalue weighted by Crippen LogP contribution is 2.50. The maximum atomic E-state index is 16.2. The second-order valence-corrected chi connectivity index (χ2v) is 16.0. The molecule has 3 aromatic rings. The van der Waals surface area contributed by atoms with Gasteiger partial charge in [0.25, 0.3) is 11.8 Å². The molecule has 0 unspecified atom stereocenters. The van der Waals surface area contributed by atoms with Gasteiger partial charge in [-0.25, -0.2) is 22.4 Å². The van der Waals surface area contributed by atoms with Crippen molar-refractivity contribution in [3.05, 3.63) is 89.7 Å². The third-order valence-corrected chi connectivity index (χ3v) is 12.2. The number of amides is 1. The number of carbonyl (C=O) groups excluding carboxylic acids is 1. The molecule has 3 aliphatic rings. The van der Waals surface area contributed by atoms with Crippen LogP contribution in [0.2, 0.25) is 0 Å². The lowest BCUT2D eigenvalue weighted by atomic mass is 9.69. The summed E-state index contributed by atoms with van der Waals surface area (Å²) >= 11 is 0. The Hall–Kier alpha value is -4.09. The number of likely N-dealkylation sites (N-methyl/N-ethyl adjacent to an activating group) is 1. The third kappa shape index (κ3) is 8.38. The highest BCUT2D eigenvalue weighted by molar-refractivity contribution is 5.99. The van der Waals surface area contributed by atoms with Crippen LogP contribution in [0, 0.1) is 5.41 Å². The standard InChI is InChI=1S/C44H54F4N4O3/c1-5-18-43(45,46)29-52-23-19-42(20-24-52,44(47,48)30(2)3)41(55)50(4)38(40(53)54)26-33-14-10-16-35-34(33)15-11-17-36(35)39-37(32-12-9-13-32)25-31(27-49-39)28-51-21-7-6-8-22-51/h5,10-11,14-18,25,27,32,38H,2,6-9,12-13,19-24,26,28-29H2,1,3-4H3,(H,53,54)/b18-5+/t38-/m0/s1. The molecule has 296 valence electrons. The first-order chi connectivity index (χ1) is 26.2. The van der Waals surface area contributed by atoms with E-state index in [2.05, 4.69) is 17.5 Å². The summed E-state index contributed by atoms with van der Waals surface area (Å²) in [4.78, 5) is 37.1. The molecule has 1 aliphatic carbocycles. The first-order valence-corrected chi connectivity index (χ1v) is 19.7. The zero-order valence-corrected chi connectivity index (χ0v) is 32.3. The maximum absolute atomic E-state index is 16.2. The number of hydrogen-bond donors (Lipinski definition) is 1. The number of fused-ring (bicyclic) bond motifs is 1. The van der Waals surface area contributed by atoms with Crippen LogP contribution >= 0.6 is 0 Å². The highest BCUT2D eigenvalue weighted by Gasteiger charge is 2.61. The van der Waals surface area contributed by atoms with Crippen molar-refractivity contribution in [3.63, 3.8) is 0 Å². The molecule has 1 saturated carbocycles. The minimum atomic E-state index is -3.71. The van der Waals surface area contributed by atoms with Crippen molar-refractivity contribution in [2.24, 2.45) is 5.41 Å². The number of aliphatic carboxylic acids is 1. The van der Waals surface area contributed by atoms with E-state index in [4.69, 9.17) is 4.98 Å². The summed E-state index contributed by atoms with van der Waals surface area (Å²) in [5.41, 5.74) is 2.06. The van der Waals surface area contributed by atoms with E-state index < -0.39 is 60.1 Å². The van der Waals surface area contributed by atoms with E-state index in [1.54, 1.807) is 0 Å². The predicted octanol–water partition coefficient (Wildman–Crippen LogP) is 9.11. The van der Waals surface area contributed by atoms with Gasteiger partial charge in [0.1, 0.15) is 11.5 Å². The summed E-state index contributed by atoms with van der Waals surface area (Å²) in [6.07, 6.45) is 10.1. The normalized spacial score (nSPS) is 19.3. The molecule has 3 fully saturated rings. The molecule has 2 aromatic carbocycles. The molecule has 0 bridgehead atoms. The molecule has 1 amide bonds. The number of halogens is 4. The van der Waals surface area contributed by atoms with E-state index in [0.717, 1.165) is 72.4 Å². The van der Waals surface area contributed by atoms with Gasteiger partial charge in [0.15, 0.2) is 0 Å². The number of hydrogen-bond acceptors (Lipinski definition) is 5. The molecule has 3 heterocycles. The zero-order valence-electron chi connectivity index (χ0n) is 32.3. The van der Waals surface area contributed by atoms with Crippen molar-refractivity contribution >= 4 is 22.6 Å². The number of aromatic nitrogens is 1. The number of piperidine rings is 2. The van der Waals surface area contributed by atoms with Gasteiger partial charge >= 0.3 is 5.97 Å². The molecule has 0 spiro atoms. The summed E-state index contributed by atoms with van der Waals surface area (Å²) in [5, 5.41) is 12.2. The minimum absolute atomic E-state index is 0.132. The molecule has 55 heavy (non-hydrogen) atoms. The summed E-state index contributed by atoms with van der Waals surface area (Å²) in [6.45, 7) is 8.12. The van der Waals surface area contributed by atoms with Gasteiger partial charge in [-0.05, 0) is 124 Å². The Morgan fingerprint density at radius 2 is 1.67 bits per heavy atom. The van der Waals surface area contributed by atoms with Gasteiger partial charge in [0.2, 0.25) is 5.91 Å². The number of alkyl halides is 4. The van der Waals surface area contributed by atoms with E-state index >= 15 is 8.78 Å². The van der Waals surface area contributed by atoms with Crippen LogP contribution in [0.25, 0.3) is 22.0 Å². The first-order valence-electron chi connectivity index (χ1n) is 19.7. The molecular formula is C44H54F4N4O3. The number of allylic oxidation sites excluding steroid dienone is 2. The fraction of sp³-hybridized carbons (Fsp3) is 0.523. The summed E-state index contributed by atoms with van der Waals surface area (Å²) in [7, 11) is 1.25. The van der Waals surface area contributed by atoms with Crippen LogP contribution < -0.4 is 0 Å². The Labute approximate surface area is 322 Å². The Bertz CT molecular complexity index is 1910. The Morgan fingerprint density at radius 3 is 2.29 bits per heavy atom. The van der Waals surface area contributed by atoms with Gasteiger partial charge in [0.05, 0.1) is 12.2 Å². The van der Waals surface area contributed by atoms with Crippen LogP contribution in [-0.4, -0.2) is 94.3 Å². The van der Waals surface area contributed by atoms with Gasteiger partial charge in [-0.2, -0.15) is 0 Å². The van der Waals surface area contributed by atoms with E-state index in [1.165, 1.54) is 61.8 Å². The Morgan fingerprint density at radius 1 is 1.00 bits per heavy atom. The molecular weight excluding hydrogens is 709 g/mol. The van der Waals surface area contributed by atoms with E-state index in [9.17, 15) is 23.5 Å². The quantitative estimate of drug-likeness (QED) is 0.131. The van der Waals surface area contributed by atoms with Gasteiger partial charge in [0, 0.05) is 31.8 Å². The average molecular weight is 763 g/mol. The zero-order chi connectivity index (χ0) is 39.5. The van der Waals surface area contributed by atoms with Crippen LogP contribution in [0.5, 0.6) is 0 Å². The average Bonchev–Trinajstić information content (AvgIpc) is 3.13. The lowest BCUT2D eigenvalue weighted by Crippen LogP contribution is -2.61. The first kappa shape index (κ1) is 40.6. The molecule has 7 nitrogen and oxygen atoms in total. The largest absolute Gasteiger partial charge is 0.480 e. The van der Waals surface area contributed by atoms with Crippen molar-refractivity contribution < 1.29 is 32.3 Å². The lowest BCUT2D eigenvalue weighted by Gasteiger charge is -2.47. The topological polar surface area (TPSA) is 77.0 Å². The van der Waals surface area contributed by atoms with Gasteiger partial charge in [-0.1, -0.05) is 68.0 Å². The van der Waals surface area contributed by atoms with Crippen molar-refractivity contribution in [1.29, 1.82) is 0 Å². The molecule has 1 N–H and O–H groups in total.